The third kappa shape index (κ3) is 4.18. The summed E-state index contributed by atoms with van der Waals surface area (Å²) >= 11 is 1.60. The Balaban J connectivity index is 1.45. The monoisotopic (exact) mass is 458 g/mol. The number of benzene rings is 2. The molecule has 0 radical (unpaired) electrons. The largest absolute Gasteiger partial charge is 0.326 e. The van der Waals surface area contributed by atoms with Crippen LogP contribution in [0.5, 0.6) is 0 Å². The molecule has 162 valence electrons. The first-order valence-corrected chi connectivity index (χ1v) is 11.9. The summed E-state index contributed by atoms with van der Waals surface area (Å²) in [5, 5.41) is 3.74. The molecule has 3 aromatic rings. The zero-order valence-corrected chi connectivity index (χ0v) is 19.0. The Morgan fingerprint density at radius 2 is 1.90 bits per heavy atom. The number of aryl methyl sites for hydroxylation is 1. The van der Waals surface area contributed by atoms with Gasteiger partial charge in [0.15, 0.2) is 0 Å². The number of amides is 2. The SMILES string of the molecule is Cc1nc2cc(N3CC(C(=O)Nc4ccc(S(=O)(=O)N(C)C)cc4)CC3=O)ccc2s1. The highest BCUT2D eigenvalue weighted by atomic mass is 32.2. The summed E-state index contributed by atoms with van der Waals surface area (Å²) in [5.74, 6) is -0.880. The summed E-state index contributed by atoms with van der Waals surface area (Å²) in [5.41, 5.74) is 2.05. The maximum absolute atomic E-state index is 12.7. The molecule has 1 unspecified atom stereocenters. The van der Waals surface area contributed by atoms with Crippen molar-refractivity contribution in [3.05, 3.63) is 47.5 Å². The molecular formula is C21H22N4O4S2. The number of fused-ring (bicyclic) bond motifs is 1. The third-order valence-corrected chi connectivity index (χ3v) is 7.97. The fourth-order valence-electron chi connectivity index (χ4n) is 3.50. The minimum absolute atomic E-state index is 0.112. The average molecular weight is 459 g/mol. The second-order valence-corrected chi connectivity index (χ2v) is 11.0. The van der Waals surface area contributed by atoms with Gasteiger partial charge < -0.3 is 10.2 Å². The van der Waals surface area contributed by atoms with Gasteiger partial charge in [0.25, 0.3) is 0 Å². The molecule has 1 saturated heterocycles. The van der Waals surface area contributed by atoms with Crippen molar-refractivity contribution < 1.29 is 18.0 Å². The van der Waals surface area contributed by atoms with Crippen LogP contribution in [0.25, 0.3) is 10.2 Å². The first kappa shape index (κ1) is 21.4. The van der Waals surface area contributed by atoms with E-state index in [1.54, 1.807) is 28.4 Å². The number of anilines is 2. The van der Waals surface area contributed by atoms with E-state index in [9.17, 15) is 18.0 Å². The Bertz CT molecular complexity index is 1270. The minimum Gasteiger partial charge on any atom is -0.326 e. The molecule has 0 spiro atoms. The normalized spacial score (nSPS) is 17.0. The maximum Gasteiger partial charge on any atom is 0.242 e. The topological polar surface area (TPSA) is 99.7 Å². The summed E-state index contributed by atoms with van der Waals surface area (Å²) < 4.78 is 26.5. The van der Waals surface area contributed by atoms with Crippen molar-refractivity contribution in [2.45, 2.75) is 18.2 Å². The number of hydrogen-bond donors (Lipinski definition) is 1. The van der Waals surface area contributed by atoms with Crippen molar-refractivity contribution in [1.29, 1.82) is 0 Å². The van der Waals surface area contributed by atoms with Crippen LogP contribution in [-0.2, 0) is 19.6 Å². The quantitative estimate of drug-likeness (QED) is 0.634. The molecule has 2 aromatic carbocycles. The van der Waals surface area contributed by atoms with Crippen LogP contribution in [0, 0.1) is 12.8 Å². The molecule has 2 heterocycles. The van der Waals surface area contributed by atoms with Gasteiger partial charge >= 0.3 is 0 Å². The van der Waals surface area contributed by atoms with Crippen molar-refractivity contribution in [1.82, 2.24) is 9.29 Å². The van der Waals surface area contributed by atoms with E-state index in [1.807, 2.05) is 25.1 Å². The van der Waals surface area contributed by atoms with Crippen LogP contribution in [0.2, 0.25) is 0 Å². The van der Waals surface area contributed by atoms with E-state index in [-0.39, 0.29) is 29.7 Å². The van der Waals surface area contributed by atoms with E-state index in [0.717, 1.165) is 25.2 Å². The summed E-state index contributed by atoms with van der Waals surface area (Å²) in [6.45, 7) is 2.22. The number of hydrogen-bond acceptors (Lipinski definition) is 6. The molecule has 2 amide bonds. The van der Waals surface area contributed by atoms with Gasteiger partial charge in [0.2, 0.25) is 21.8 Å². The lowest BCUT2D eigenvalue weighted by atomic mass is 10.1. The molecule has 1 atom stereocenters. The fourth-order valence-corrected chi connectivity index (χ4v) is 5.21. The Hall–Kier alpha value is -2.82. The van der Waals surface area contributed by atoms with Crippen molar-refractivity contribution >= 4 is 54.8 Å². The number of rotatable bonds is 5. The first-order chi connectivity index (χ1) is 14.6. The van der Waals surface area contributed by atoms with E-state index in [4.69, 9.17) is 0 Å². The molecule has 31 heavy (non-hydrogen) atoms. The van der Waals surface area contributed by atoms with Crippen LogP contribution < -0.4 is 10.2 Å². The summed E-state index contributed by atoms with van der Waals surface area (Å²) in [6, 6.07) is 11.7. The van der Waals surface area contributed by atoms with Crippen molar-refractivity contribution in [3.63, 3.8) is 0 Å². The van der Waals surface area contributed by atoms with Gasteiger partial charge in [-0.05, 0) is 49.4 Å². The van der Waals surface area contributed by atoms with E-state index in [2.05, 4.69) is 10.3 Å². The van der Waals surface area contributed by atoms with Crippen LogP contribution in [0.4, 0.5) is 11.4 Å². The molecular weight excluding hydrogens is 436 g/mol. The molecule has 1 aliphatic rings. The average Bonchev–Trinajstić information content (AvgIpc) is 3.29. The second-order valence-electron chi connectivity index (χ2n) is 7.59. The van der Waals surface area contributed by atoms with Gasteiger partial charge in [-0.2, -0.15) is 0 Å². The van der Waals surface area contributed by atoms with Crippen LogP contribution >= 0.6 is 11.3 Å². The smallest absolute Gasteiger partial charge is 0.242 e. The molecule has 0 bridgehead atoms. The zero-order chi connectivity index (χ0) is 22.3. The van der Waals surface area contributed by atoms with E-state index < -0.39 is 15.9 Å². The van der Waals surface area contributed by atoms with E-state index in [1.165, 1.54) is 26.2 Å². The Morgan fingerprint density at radius 3 is 2.58 bits per heavy atom. The Labute approximate surface area is 184 Å². The molecule has 1 fully saturated rings. The van der Waals surface area contributed by atoms with Gasteiger partial charge in [0.05, 0.1) is 26.0 Å². The molecule has 1 aromatic heterocycles. The van der Waals surface area contributed by atoms with E-state index in [0.29, 0.717) is 5.69 Å². The second kappa shape index (κ2) is 8.03. The van der Waals surface area contributed by atoms with Gasteiger partial charge in [0, 0.05) is 38.4 Å². The van der Waals surface area contributed by atoms with E-state index >= 15 is 0 Å². The number of nitrogens with one attached hydrogen (secondary N) is 1. The summed E-state index contributed by atoms with van der Waals surface area (Å²) in [7, 11) is -0.613. The van der Waals surface area contributed by atoms with Crippen LogP contribution in [0.15, 0.2) is 47.4 Å². The minimum atomic E-state index is -3.53. The lowest BCUT2D eigenvalue weighted by molar-refractivity contribution is -0.122. The first-order valence-electron chi connectivity index (χ1n) is 9.66. The highest BCUT2D eigenvalue weighted by molar-refractivity contribution is 7.89. The van der Waals surface area contributed by atoms with Crippen molar-refractivity contribution in [3.8, 4) is 0 Å². The Kier molecular flexibility index (Phi) is 5.54. The number of aromatic nitrogens is 1. The number of carbonyl (C=O) groups excluding carboxylic acids is 2. The third-order valence-electron chi connectivity index (χ3n) is 5.19. The number of nitrogens with zero attached hydrogens (tertiary/aromatic N) is 3. The maximum atomic E-state index is 12.7. The molecule has 8 nitrogen and oxygen atoms in total. The van der Waals surface area contributed by atoms with Crippen LogP contribution in [0.3, 0.4) is 0 Å². The van der Waals surface area contributed by atoms with Gasteiger partial charge in [-0.15, -0.1) is 11.3 Å². The molecule has 1 N–H and O–H groups in total. The lowest BCUT2D eigenvalue weighted by Crippen LogP contribution is -2.28. The van der Waals surface area contributed by atoms with Gasteiger partial charge in [-0.25, -0.2) is 17.7 Å². The molecule has 1 aliphatic heterocycles. The summed E-state index contributed by atoms with van der Waals surface area (Å²) in [6.07, 6.45) is 0.118. The van der Waals surface area contributed by atoms with Crippen molar-refractivity contribution in [2.75, 3.05) is 30.9 Å². The van der Waals surface area contributed by atoms with Crippen molar-refractivity contribution in [2.24, 2.45) is 5.92 Å². The predicted octanol–water partition coefficient (Wildman–Crippen LogP) is 2.85. The number of carbonyl (C=O) groups is 2. The zero-order valence-electron chi connectivity index (χ0n) is 17.3. The van der Waals surface area contributed by atoms with Crippen LogP contribution in [-0.4, -0.2) is 50.2 Å². The fraction of sp³-hybridized carbons (Fsp3) is 0.286. The molecule has 0 saturated carbocycles. The van der Waals surface area contributed by atoms with Gasteiger partial charge in [-0.3, -0.25) is 9.59 Å². The Morgan fingerprint density at radius 1 is 1.19 bits per heavy atom. The standard InChI is InChI=1S/C21H22N4O4S2/c1-13-22-18-11-16(6-9-19(18)30-13)25-12-14(10-20(25)26)21(27)23-15-4-7-17(8-5-15)31(28,29)24(2)3/h4-9,11,14H,10,12H2,1-3H3,(H,23,27). The molecule has 10 heteroatoms. The van der Waals surface area contributed by atoms with Gasteiger partial charge in [-0.1, -0.05) is 0 Å². The molecule has 0 aliphatic carbocycles. The highest BCUT2D eigenvalue weighted by Crippen LogP contribution is 2.30. The summed E-state index contributed by atoms with van der Waals surface area (Å²) in [4.78, 5) is 31.5. The number of thiazole rings is 1. The predicted molar refractivity (Wildman–Crippen MR) is 121 cm³/mol. The van der Waals surface area contributed by atoms with Crippen LogP contribution in [0.1, 0.15) is 11.4 Å². The van der Waals surface area contributed by atoms with Gasteiger partial charge in [0.1, 0.15) is 0 Å². The molecule has 4 rings (SSSR count). The number of sulfonamides is 1. The highest BCUT2D eigenvalue weighted by Gasteiger charge is 2.35. The lowest BCUT2D eigenvalue weighted by Gasteiger charge is -2.17.